The molecule has 2 N–H and O–H groups in total. The van der Waals surface area contributed by atoms with Crippen LogP contribution < -0.4 is 10.2 Å². The molecule has 1 aliphatic rings. The van der Waals surface area contributed by atoms with Crippen LogP contribution in [-0.4, -0.2) is 83.2 Å². The summed E-state index contributed by atoms with van der Waals surface area (Å²) in [4.78, 5) is 20.8. The van der Waals surface area contributed by atoms with Gasteiger partial charge in [0.1, 0.15) is 5.82 Å². The van der Waals surface area contributed by atoms with E-state index in [2.05, 4.69) is 45.2 Å². The third-order valence-corrected chi connectivity index (χ3v) is 6.87. The van der Waals surface area contributed by atoms with E-state index in [0.29, 0.717) is 11.6 Å². The van der Waals surface area contributed by atoms with Gasteiger partial charge in [0.25, 0.3) is 0 Å². The second-order valence-electron chi connectivity index (χ2n) is 9.62. The van der Waals surface area contributed by atoms with Crippen molar-refractivity contribution >= 4 is 34.3 Å². The Morgan fingerprint density at radius 1 is 0.973 bits per heavy atom. The Kier molecular flexibility index (Phi) is 7.69. The summed E-state index contributed by atoms with van der Waals surface area (Å²) in [5.41, 5.74) is 3.79. The molecule has 9 heteroatoms. The van der Waals surface area contributed by atoms with Crippen LogP contribution in [0, 0.1) is 0 Å². The molecule has 0 unspecified atom stereocenters. The summed E-state index contributed by atoms with van der Waals surface area (Å²) < 4.78 is 0. The number of aromatic nitrogens is 3. The normalized spacial score (nSPS) is 14.4. The van der Waals surface area contributed by atoms with Crippen LogP contribution in [0.1, 0.15) is 5.56 Å². The van der Waals surface area contributed by atoms with Crippen molar-refractivity contribution in [3.05, 3.63) is 71.4 Å². The SMILES string of the molecule is CN(C)CCN1CCN(c2nc(NCc3cccc(Cl)c3)c3cc(-c4ccnc(O)c4)ccc3n2)CC1. The van der Waals surface area contributed by atoms with Crippen molar-refractivity contribution in [2.75, 3.05) is 63.6 Å². The second-order valence-corrected chi connectivity index (χ2v) is 10.1. The summed E-state index contributed by atoms with van der Waals surface area (Å²) >= 11 is 6.21. The minimum absolute atomic E-state index is 0.00627. The Bertz CT molecular complexity index is 1370. The van der Waals surface area contributed by atoms with Crippen LogP contribution in [0.15, 0.2) is 60.8 Å². The van der Waals surface area contributed by atoms with Gasteiger partial charge in [-0.05, 0) is 61.1 Å². The molecule has 2 aromatic heterocycles. The molecule has 0 aliphatic carbocycles. The maximum absolute atomic E-state index is 9.86. The lowest BCUT2D eigenvalue weighted by Crippen LogP contribution is -2.48. The summed E-state index contributed by atoms with van der Waals surface area (Å²) in [6.07, 6.45) is 1.60. The summed E-state index contributed by atoms with van der Waals surface area (Å²) in [6.45, 7) is 6.48. The fourth-order valence-corrected chi connectivity index (χ4v) is 4.73. The summed E-state index contributed by atoms with van der Waals surface area (Å²) in [7, 11) is 4.22. The van der Waals surface area contributed by atoms with E-state index in [1.54, 1.807) is 12.3 Å². The molecular weight excluding hydrogens is 486 g/mol. The number of likely N-dealkylation sites (N-methyl/N-ethyl adjacent to an activating group) is 1. The van der Waals surface area contributed by atoms with Crippen LogP contribution in [0.2, 0.25) is 5.02 Å². The van der Waals surface area contributed by atoms with Gasteiger partial charge in [-0.25, -0.2) is 9.97 Å². The largest absolute Gasteiger partial charge is 0.493 e. The molecular formula is C28H32ClN7O. The number of halogens is 1. The van der Waals surface area contributed by atoms with Crippen LogP contribution >= 0.6 is 11.6 Å². The van der Waals surface area contributed by atoms with Crippen molar-refractivity contribution in [3.63, 3.8) is 0 Å². The van der Waals surface area contributed by atoms with E-state index in [1.165, 1.54) is 0 Å². The van der Waals surface area contributed by atoms with Gasteiger partial charge >= 0.3 is 0 Å². The number of hydrogen-bond acceptors (Lipinski definition) is 8. The molecule has 192 valence electrons. The van der Waals surface area contributed by atoms with Crippen LogP contribution in [0.25, 0.3) is 22.0 Å². The topological polar surface area (TPSA) is 80.7 Å². The molecule has 3 heterocycles. The summed E-state index contributed by atoms with van der Waals surface area (Å²) in [5.74, 6) is 1.51. The Morgan fingerprint density at radius 2 is 1.78 bits per heavy atom. The average Bonchev–Trinajstić information content (AvgIpc) is 2.90. The molecule has 37 heavy (non-hydrogen) atoms. The number of hydrogen-bond donors (Lipinski definition) is 2. The Morgan fingerprint density at radius 3 is 2.54 bits per heavy atom. The standard InChI is InChI=1S/C28H32ClN7O/c1-34(2)10-11-35-12-14-36(15-13-35)28-32-25-7-6-21(22-8-9-30-26(37)18-22)17-24(25)27(33-28)31-19-20-4-3-5-23(29)16-20/h3-9,16-18H,10-15,19H2,1-2H3,(H,30,37)(H,31,32,33). The molecule has 2 aromatic carbocycles. The van der Waals surface area contributed by atoms with Crippen molar-refractivity contribution in [3.8, 4) is 17.0 Å². The lowest BCUT2D eigenvalue weighted by Gasteiger charge is -2.35. The lowest BCUT2D eigenvalue weighted by atomic mass is 10.0. The van der Waals surface area contributed by atoms with Gasteiger partial charge in [-0.2, -0.15) is 4.98 Å². The zero-order valence-corrected chi connectivity index (χ0v) is 22.0. The summed E-state index contributed by atoms with van der Waals surface area (Å²) in [5, 5.41) is 15.0. The first kappa shape index (κ1) is 25.2. The van der Waals surface area contributed by atoms with E-state index in [1.807, 2.05) is 42.5 Å². The van der Waals surface area contributed by atoms with Crippen molar-refractivity contribution in [1.29, 1.82) is 0 Å². The number of piperazine rings is 1. The number of anilines is 2. The monoisotopic (exact) mass is 517 g/mol. The molecule has 8 nitrogen and oxygen atoms in total. The molecule has 1 fully saturated rings. The molecule has 0 spiro atoms. The first-order valence-electron chi connectivity index (χ1n) is 12.5. The number of nitrogens with one attached hydrogen (secondary N) is 1. The van der Waals surface area contributed by atoms with Gasteiger partial charge in [-0.15, -0.1) is 0 Å². The van der Waals surface area contributed by atoms with E-state index in [0.717, 1.165) is 78.6 Å². The van der Waals surface area contributed by atoms with Gasteiger partial charge in [-0.3, -0.25) is 4.90 Å². The zero-order chi connectivity index (χ0) is 25.8. The molecule has 0 bridgehead atoms. The predicted molar refractivity (Wildman–Crippen MR) is 150 cm³/mol. The highest BCUT2D eigenvalue weighted by Crippen LogP contribution is 2.30. The highest BCUT2D eigenvalue weighted by Gasteiger charge is 2.21. The first-order chi connectivity index (χ1) is 17.9. The highest BCUT2D eigenvalue weighted by molar-refractivity contribution is 6.30. The van der Waals surface area contributed by atoms with E-state index < -0.39 is 0 Å². The Labute approximate surface area is 222 Å². The minimum atomic E-state index is -0.00627. The predicted octanol–water partition coefficient (Wildman–Crippen LogP) is 4.35. The van der Waals surface area contributed by atoms with Gasteiger partial charge in [0.2, 0.25) is 11.8 Å². The summed E-state index contributed by atoms with van der Waals surface area (Å²) in [6, 6.07) is 17.5. The maximum atomic E-state index is 9.86. The van der Waals surface area contributed by atoms with E-state index >= 15 is 0 Å². The highest BCUT2D eigenvalue weighted by atomic mass is 35.5. The molecule has 1 saturated heterocycles. The zero-order valence-electron chi connectivity index (χ0n) is 21.2. The number of aromatic hydroxyl groups is 1. The fraction of sp³-hybridized carbons (Fsp3) is 0.321. The molecule has 1 aliphatic heterocycles. The molecule has 0 saturated carbocycles. The number of nitrogens with zero attached hydrogens (tertiary/aromatic N) is 6. The number of benzene rings is 2. The smallest absolute Gasteiger partial charge is 0.227 e. The van der Waals surface area contributed by atoms with Gasteiger partial charge in [0, 0.05) is 68.5 Å². The Balaban J connectivity index is 1.45. The van der Waals surface area contributed by atoms with Gasteiger partial charge in [-0.1, -0.05) is 29.8 Å². The van der Waals surface area contributed by atoms with Gasteiger partial charge < -0.3 is 20.2 Å². The van der Waals surface area contributed by atoms with E-state index in [9.17, 15) is 5.11 Å². The van der Waals surface area contributed by atoms with Crippen LogP contribution in [0.4, 0.5) is 11.8 Å². The number of fused-ring (bicyclic) bond motifs is 1. The number of rotatable bonds is 8. The molecule has 0 amide bonds. The first-order valence-corrected chi connectivity index (χ1v) is 12.9. The van der Waals surface area contributed by atoms with Gasteiger partial charge in [0.15, 0.2) is 0 Å². The van der Waals surface area contributed by atoms with Crippen molar-refractivity contribution < 1.29 is 5.11 Å². The molecule has 4 aromatic rings. The third-order valence-electron chi connectivity index (χ3n) is 6.63. The Hall–Kier alpha value is -3.46. The van der Waals surface area contributed by atoms with Crippen LogP contribution in [0.5, 0.6) is 5.88 Å². The fourth-order valence-electron chi connectivity index (χ4n) is 4.52. The molecule has 0 atom stereocenters. The van der Waals surface area contributed by atoms with Crippen molar-refractivity contribution in [1.82, 2.24) is 24.8 Å². The number of pyridine rings is 1. The minimum Gasteiger partial charge on any atom is -0.493 e. The molecule has 5 rings (SSSR count). The molecule has 0 radical (unpaired) electrons. The second kappa shape index (κ2) is 11.3. The lowest BCUT2D eigenvalue weighted by molar-refractivity contribution is 0.229. The third kappa shape index (κ3) is 6.28. The van der Waals surface area contributed by atoms with Gasteiger partial charge in [0.05, 0.1) is 5.52 Å². The van der Waals surface area contributed by atoms with Crippen molar-refractivity contribution in [2.24, 2.45) is 0 Å². The quantitative estimate of drug-likeness (QED) is 0.357. The van der Waals surface area contributed by atoms with Crippen LogP contribution in [-0.2, 0) is 6.54 Å². The maximum Gasteiger partial charge on any atom is 0.227 e. The van der Waals surface area contributed by atoms with E-state index in [4.69, 9.17) is 21.6 Å². The van der Waals surface area contributed by atoms with Crippen molar-refractivity contribution in [2.45, 2.75) is 6.54 Å². The van der Waals surface area contributed by atoms with Crippen LogP contribution in [0.3, 0.4) is 0 Å². The van der Waals surface area contributed by atoms with E-state index in [-0.39, 0.29) is 5.88 Å². The average molecular weight is 518 g/mol.